The van der Waals surface area contributed by atoms with Crippen molar-refractivity contribution in [1.29, 1.82) is 0 Å². The Balaban J connectivity index is 0.000000720. The van der Waals surface area contributed by atoms with Crippen molar-refractivity contribution in [1.82, 2.24) is 4.98 Å². The van der Waals surface area contributed by atoms with Crippen LogP contribution in [0, 0.1) is 0 Å². The first kappa shape index (κ1) is 9.03. The van der Waals surface area contributed by atoms with Crippen LogP contribution in [0.4, 0.5) is 0 Å². The van der Waals surface area contributed by atoms with Gasteiger partial charge in [0.2, 0.25) is 0 Å². The molecule has 0 aliphatic heterocycles. The largest absolute Gasteiger partial charge is 0.443 e. The van der Waals surface area contributed by atoms with Gasteiger partial charge in [0.15, 0.2) is 12.0 Å². The SMILES string of the molecule is Cl.NCc1ccc2ocnc2c1. The van der Waals surface area contributed by atoms with Crippen molar-refractivity contribution in [3.8, 4) is 0 Å². The highest BCUT2D eigenvalue weighted by molar-refractivity contribution is 5.85. The van der Waals surface area contributed by atoms with Gasteiger partial charge in [0, 0.05) is 6.54 Å². The summed E-state index contributed by atoms with van der Waals surface area (Å²) in [6.45, 7) is 0.544. The van der Waals surface area contributed by atoms with Gasteiger partial charge in [-0.05, 0) is 17.7 Å². The van der Waals surface area contributed by atoms with E-state index in [1.165, 1.54) is 6.39 Å². The Labute approximate surface area is 76.0 Å². The quantitative estimate of drug-likeness (QED) is 0.734. The molecule has 1 heterocycles. The Hall–Kier alpha value is -1.06. The van der Waals surface area contributed by atoms with Gasteiger partial charge in [-0.15, -0.1) is 12.4 Å². The Morgan fingerprint density at radius 2 is 2.25 bits per heavy atom. The van der Waals surface area contributed by atoms with E-state index in [2.05, 4.69) is 4.98 Å². The molecule has 2 aromatic rings. The maximum atomic E-state index is 5.45. The van der Waals surface area contributed by atoms with Crippen molar-refractivity contribution in [2.24, 2.45) is 5.73 Å². The van der Waals surface area contributed by atoms with E-state index in [-0.39, 0.29) is 12.4 Å². The van der Waals surface area contributed by atoms with Gasteiger partial charge >= 0.3 is 0 Å². The van der Waals surface area contributed by atoms with E-state index in [0.29, 0.717) is 6.54 Å². The van der Waals surface area contributed by atoms with Gasteiger partial charge in [0.1, 0.15) is 5.52 Å². The molecule has 2 N–H and O–H groups in total. The number of nitrogens with two attached hydrogens (primary N) is 1. The molecule has 12 heavy (non-hydrogen) atoms. The number of hydrogen-bond donors (Lipinski definition) is 1. The molecule has 0 aliphatic rings. The van der Waals surface area contributed by atoms with Crippen molar-refractivity contribution in [2.75, 3.05) is 0 Å². The number of nitrogens with zero attached hydrogens (tertiary/aromatic N) is 1. The molecule has 0 aliphatic carbocycles. The lowest BCUT2D eigenvalue weighted by atomic mass is 10.2. The Bertz CT molecular complexity index is 372. The zero-order valence-corrected chi connectivity index (χ0v) is 7.17. The highest BCUT2D eigenvalue weighted by Gasteiger charge is 1.97. The molecule has 0 bridgehead atoms. The van der Waals surface area contributed by atoms with Gasteiger partial charge < -0.3 is 10.2 Å². The van der Waals surface area contributed by atoms with Crippen LogP contribution in [0.15, 0.2) is 29.0 Å². The lowest BCUT2D eigenvalue weighted by Gasteiger charge is -1.92. The monoisotopic (exact) mass is 184 g/mol. The van der Waals surface area contributed by atoms with Crippen molar-refractivity contribution in [3.63, 3.8) is 0 Å². The van der Waals surface area contributed by atoms with E-state index in [9.17, 15) is 0 Å². The van der Waals surface area contributed by atoms with Crippen LogP contribution in [0.3, 0.4) is 0 Å². The normalized spacial score (nSPS) is 9.75. The summed E-state index contributed by atoms with van der Waals surface area (Å²) in [5.74, 6) is 0. The van der Waals surface area contributed by atoms with Gasteiger partial charge in [-0.2, -0.15) is 0 Å². The molecule has 3 nitrogen and oxygen atoms in total. The molecule has 0 radical (unpaired) electrons. The molecule has 0 fully saturated rings. The predicted octanol–water partition coefficient (Wildman–Crippen LogP) is 1.71. The molecule has 0 amide bonds. The summed E-state index contributed by atoms with van der Waals surface area (Å²) in [5, 5.41) is 0. The zero-order chi connectivity index (χ0) is 7.68. The van der Waals surface area contributed by atoms with E-state index in [1.807, 2.05) is 18.2 Å². The van der Waals surface area contributed by atoms with E-state index >= 15 is 0 Å². The fourth-order valence-corrected chi connectivity index (χ4v) is 1.03. The minimum absolute atomic E-state index is 0. The van der Waals surface area contributed by atoms with Gasteiger partial charge in [0.05, 0.1) is 0 Å². The summed E-state index contributed by atoms with van der Waals surface area (Å²) in [6.07, 6.45) is 1.44. The predicted molar refractivity (Wildman–Crippen MR) is 49.1 cm³/mol. The molecule has 2 rings (SSSR count). The van der Waals surface area contributed by atoms with Crippen LogP contribution < -0.4 is 5.73 Å². The molecule has 4 heteroatoms. The second-order valence-corrected chi connectivity index (χ2v) is 2.36. The Morgan fingerprint density at radius 3 is 3.00 bits per heavy atom. The number of fused-ring (bicyclic) bond motifs is 1. The van der Waals surface area contributed by atoms with Gasteiger partial charge in [-0.1, -0.05) is 6.07 Å². The summed E-state index contributed by atoms with van der Waals surface area (Å²) in [5.41, 5.74) is 8.20. The molecule has 64 valence electrons. The number of benzene rings is 1. The van der Waals surface area contributed by atoms with E-state index in [4.69, 9.17) is 10.2 Å². The van der Waals surface area contributed by atoms with Crippen LogP contribution in [-0.4, -0.2) is 4.98 Å². The Morgan fingerprint density at radius 1 is 1.42 bits per heavy atom. The first-order chi connectivity index (χ1) is 5.40. The van der Waals surface area contributed by atoms with Gasteiger partial charge in [-0.25, -0.2) is 4.98 Å². The van der Waals surface area contributed by atoms with Crippen molar-refractivity contribution >= 4 is 23.5 Å². The number of rotatable bonds is 1. The number of oxazole rings is 1. The molecule has 1 aromatic carbocycles. The topological polar surface area (TPSA) is 52.0 Å². The first-order valence-corrected chi connectivity index (χ1v) is 3.42. The molecular formula is C8H9ClN2O. The van der Waals surface area contributed by atoms with Crippen LogP contribution in [0.1, 0.15) is 5.56 Å². The molecule has 0 saturated heterocycles. The molecule has 0 unspecified atom stereocenters. The molecule has 0 saturated carbocycles. The van der Waals surface area contributed by atoms with Crippen LogP contribution in [0.25, 0.3) is 11.1 Å². The van der Waals surface area contributed by atoms with Crippen molar-refractivity contribution in [3.05, 3.63) is 30.2 Å². The fraction of sp³-hybridized carbons (Fsp3) is 0.125. The maximum absolute atomic E-state index is 5.45. The van der Waals surface area contributed by atoms with Crippen LogP contribution in [0.5, 0.6) is 0 Å². The summed E-state index contributed by atoms with van der Waals surface area (Å²) < 4.78 is 5.07. The van der Waals surface area contributed by atoms with Gasteiger partial charge in [0.25, 0.3) is 0 Å². The van der Waals surface area contributed by atoms with Gasteiger partial charge in [-0.3, -0.25) is 0 Å². The summed E-state index contributed by atoms with van der Waals surface area (Å²) in [4.78, 5) is 4.01. The third-order valence-corrected chi connectivity index (χ3v) is 1.63. The van der Waals surface area contributed by atoms with Crippen LogP contribution in [-0.2, 0) is 6.54 Å². The van der Waals surface area contributed by atoms with E-state index in [0.717, 1.165) is 16.7 Å². The second-order valence-electron chi connectivity index (χ2n) is 2.36. The summed E-state index contributed by atoms with van der Waals surface area (Å²) in [6, 6.07) is 5.75. The number of hydrogen-bond acceptors (Lipinski definition) is 3. The molecule has 0 atom stereocenters. The van der Waals surface area contributed by atoms with E-state index in [1.54, 1.807) is 0 Å². The maximum Gasteiger partial charge on any atom is 0.181 e. The third kappa shape index (κ3) is 1.42. The molecule has 1 aromatic heterocycles. The minimum atomic E-state index is 0. The zero-order valence-electron chi connectivity index (χ0n) is 6.36. The van der Waals surface area contributed by atoms with Crippen LogP contribution >= 0.6 is 12.4 Å². The standard InChI is InChI=1S/C8H8N2O.ClH/c9-4-6-1-2-8-7(3-6)10-5-11-8;/h1-3,5H,4,9H2;1H. The second kappa shape index (κ2) is 3.56. The van der Waals surface area contributed by atoms with Crippen molar-refractivity contribution in [2.45, 2.75) is 6.54 Å². The number of aromatic nitrogens is 1. The third-order valence-electron chi connectivity index (χ3n) is 1.63. The van der Waals surface area contributed by atoms with Crippen LogP contribution in [0.2, 0.25) is 0 Å². The summed E-state index contributed by atoms with van der Waals surface area (Å²) in [7, 11) is 0. The minimum Gasteiger partial charge on any atom is -0.443 e. The first-order valence-electron chi connectivity index (χ1n) is 3.42. The average Bonchev–Trinajstić information content (AvgIpc) is 2.50. The van der Waals surface area contributed by atoms with E-state index < -0.39 is 0 Å². The Kier molecular flexibility index (Phi) is 2.68. The lowest BCUT2D eigenvalue weighted by Crippen LogP contribution is -1.94. The molecule has 0 spiro atoms. The smallest absolute Gasteiger partial charge is 0.181 e. The highest BCUT2D eigenvalue weighted by Crippen LogP contribution is 2.13. The average molecular weight is 185 g/mol. The van der Waals surface area contributed by atoms with Crippen molar-refractivity contribution < 1.29 is 4.42 Å². The molecular weight excluding hydrogens is 176 g/mol. The summed E-state index contributed by atoms with van der Waals surface area (Å²) >= 11 is 0. The highest BCUT2D eigenvalue weighted by atomic mass is 35.5. The number of halogens is 1. The lowest BCUT2D eigenvalue weighted by molar-refractivity contribution is 0.602. The fourth-order valence-electron chi connectivity index (χ4n) is 1.03.